The van der Waals surface area contributed by atoms with E-state index in [-0.39, 0.29) is 0 Å². The van der Waals surface area contributed by atoms with E-state index in [2.05, 4.69) is 59.4 Å². The number of hydrogen-bond donors (Lipinski definition) is 1. The minimum Gasteiger partial charge on any atom is -0.383 e. The van der Waals surface area contributed by atoms with Gasteiger partial charge in [0.05, 0.1) is 0 Å². The second-order valence-corrected chi connectivity index (χ2v) is 5.44. The van der Waals surface area contributed by atoms with E-state index in [0.717, 1.165) is 23.8 Å². The molecule has 0 aliphatic heterocycles. The Labute approximate surface area is 124 Å². The summed E-state index contributed by atoms with van der Waals surface area (Å²) in [4.78, 5) is 0. The summed E-state index contributed by atoms with van der Waals surface area (Å²) < 4.78 is 2.24. The number of aryl methyl sites for hydroxylation is 1. The zero-order valence-electron chi connectivity index (χ0n) is 11.4. The number of nitrogens with one attached hydrogen (secondary N) is 1. The molecule has 3 rings (SSSR count). The molecule has 3 heteroatoms. The first-order valence-electron chi connectivity index (χ1n) is 6.77. The van der Waals surface area contributed by atoms with E-state index in [1.54, 1.807) is 0 Å². The third-order valence-corrected chi connectivity index (χ3v) is 3.70. The molecule has 1 N–H and O–H groups in total. The fourth-order valence-corrected chi connectivity index (χ4v) is 2.54. The lowest BCUT2D eigenvalue weighted by molar-refractivity contribution is 0.757. The molecule has 0 saturated heterocycles. The smallest absolute Gasteiger partial charge is 0.0481 e. The lowest BCUT2D eigenvalue weighted by Crippen LogP contribution is -2.09. The summed E-state index contributed by atoms with van der Waals surface area (Å²) in [5.74, 6) is 0. The van der Waals surface area contributed by atoms with Crippen LogP contribution in [-0.2, 0) is 6.54 Å². The number of rotatable bonds is 4. The van der Waals surface area contributed by atoms with Crippen molar-refractivity contribution in [2.45, 2.75) is 13.5 Å². The van der Waals surface area contributed by atoms with Gasteiger partial charge in [-0.05, 0) is 43.3 Å². The first-order valence-corrected chi connectivity index (χ1v) is 7.15. The van der Waals surface area contributed by atoms with Gasteiger partial charge in [-0.25, -0.2) is 0 Å². The van der Waals surface area contributed by atoms with Gasteiger partial charge in [0.15, 0.2) is 0 Å². The van der Waals surface area contributed by atoms with Crippen LogP contribution < -0.4 is 5.32 Å². The van der Waals surface area contributed by atoms with Crippen molar-refractivity contribution in [3.63, 3.8) is 0 Å². The fourth-order valence-electron chi connectivity index (χ4n) is 2.36. The highest BCUT2D eigenvalue weighted by molar-refractivity contribution is 6.31. The molecular formula is C17H17ClN2. The average Bonchev–Trinajstić information content (AvgIpc) is 2.83. The predicted octanol–water partition coefficient (Wildman–Crippen LogP) is 4.72. The average molecular weight is 285 g/mol. The molecule has 20 heavy (non-hydrogen) atoms. The van der Waals surface area contributed by atoms with Crippen molar-refractivity contribution < 1.29 is 0 Å². The van der Waals surface area contributed by atoms with Crippen molar-refractivity contribution in [3.05, 3.63) is 65.3 Å². The fraction of sp³-hybridized carbons (Fsp3) is 0.176. The van der Waals surface area contributed by atoms with E-state index < -0.39 is 0 Å². The summed E-state index contributed by atoms with van der Waals surface area (Å²) in [6.07, 6.45) is 2.11. The van der Waals surface area contributed by atoms with Crippen LogP contribution in [0.4, 0.5) is 5.69 Å². The van der Waals surface area contributed by atoms with Crippen LogP contribution in [0.3, 0.4) is 0 Å². The molecule has 0 saturated carbocycles. The third-order valence-electron chi connectivity index (χ3n) is 3.47. The van der Waals surface area contributed by atoms with Crippen LogP contribution in [0.25, 0.3) is 10.9 Å². The zero-order valence-corrected chi connectivity index (χ0v) is 12.2. The van der Waals surface area contributed by atoms with Crippen molar-refractivity contribution in [3.8, 4) is 0 Å². The van der Waals surface area contributed by atoms with Crippen molar-refractivity contribution >= 4 is 28.2 Å². The molecule has 2 aromatic carbocycles. The van der Waals surface area contributed by atoms with Crippen LogP contribution >= 0.6 is 11.6 Å². The standard InChI is InChI=1S/C17H17ClN2/c1-13-2-5-16(6-3-13)19-9-11-20-10-8-14-12-15(18)4-7-17(14)20/h2-8,10,12,19H,9,11H2,1H3. The second-order valence-electron chi connectivity index (χ2n) is 5.01. The van der Waals surface area contributed by atoms with E-state index in [1.807, 2.05) is 12.1 Å². The molecule has 0 radical (unpaired) electrons. The molecular weight excluding hydrogens is 268 g/mol. The maximum Gasteiger partial charge on any atom is 0.0481 e. The Morgan fingerprint density at radius 1 is 1.05 bits per heavy atom. The van der Waals surface area contributed by atoms with Crippen molar-refractivity contribution in [1.29, 1.82) is 0 Å². The summed E-state index contributed by atoms with van der Waals surface area (Å²) >= 11 is 6.00. The Morgan fingerprint density at radius 2 is 1.85 bits per heavy atom. The summed E-state index contributed by atoms with van der Waals surface area (Å²) in [5.41, 5.74) is 3.67. The van der Waals surface area contributed by atoms with Gasteiger partial charge in [0.1, 0.15) is 0 Å². The highest BCUT2D eigenvalue weighted by Gasteiger charge is 2.01. The van der Waals surface area contributed by atoms with Crippen LogP contribution in [0.1, 0.15) is 5.56 Å². The summed E-state index contributed by atoms with van der Waals surface area (Å²) in [5, 5.41) is 5.41. The minimum absolute atomic E-state index is 0.785. The molecule has 0 unspecified atom stereocenters. The number of halogens is 1. The Morgan fingerprint density at radius 3 is 2.65 bits per heavy atom. The molecule has 1 heterocycles. The second kappa shape index (κ2) is 5.59. The van der Waals surface area contributed by atoms with Gasteiger partial charge in [-0.2, -0.15) is 0 Å². The molecule has 0 aliphatic rings. The highest BCUT2D eigenvalue weighted by atomic mass is 35.5. The van der Waals surface area contributed by atoms with E-state index >= 15 is 0 Å². The molecule has 3 aromatic rings. The molecule has 102 valence electrons. The highest BCUT2D eigenvalue weighted by Crippen LogP contribution is 2.20. The summed E-state index contributed by atoms with van der Waals surface area (Å²) in [6, 6.07) is 16.6. The molecule has 2 nitrogen and oxygen atoms in total. The third kappa shape index (κ3) is 2.81. The first kappa shape index (κ1) is 13.1. The number of aromatic nitrogens is 1. The largest absolute Gasteiger partial charge is 0.383 e. The van der Waals surface area contributed by atoms with Crippen molar-refractivity contribution in [2.24, 2.45) is 0 Å². The van der Waals surface area contributed by atoms with Crippen LogP contribution in [0.2, 0.25) is 5.02 Å². The normalized spacial score (nSPS) is 10.9. The predicted molar refractivity (Wildman–Crippen MR) is 86.6 cm³/mol. The monoisotopic (exact) mass is 284 g/mol. The Kier molecular flexibility index (Phi) is 3.66. The van der Waals surface area contributed by atoms with Gasteiger partial charge in [0.2, 0.25) is 0 Å². The molecule has 0 bridgehead atoms. The van der Waals surface area contributed by atoms with E-state index in [0.29, 0.717) is 0 Å². The number of hydrogen-bond acceptors (Lipinski definition) is 1. The van der Waals surface area contributed by atoms with Crippen molar-refractivity contribution in [2.75, 3.05) is 11.9 Å². The molecule has 0 aliphatic carbocycles. The molecule has 0 atom stereocenters. The molecule has 0 fully saturated rings. The Bertz CT molecular complexity index is 713. The topological polar surface area (TPSA) is 17.0 Å². The van der Waals surface area contributed by atoms with Gasteiger partial charge in [0, 0.05) is 40.9 Å². The van der Waals surface area contributed by atoms with Crippen LogP contribution in [0.5, 0.6) is 0 Å². The summed E-state index contributed by atoms with van der Waals surface area (Å²) in [6.45, 7) is 3.93. The van der Waals surface area contributed by atoms with Gasteiger partial charge in [0.25, 0.3) is 0 Å². The lowest BCUT2D eigenvalue weighted by atomic mass is 10.2. The van der Waals surface area contributed by atoms with Crippen molar-refractivity contribution in [1.82, 2.24) is 4.57 Å². The maximum absolute atomic E-state index is 6.00. The van der Waals surface area contributed by atoms with Gasteiger partial charge >= 0.3 is 0 Å². The van der Waals surface area contributed by atoms with E-state index in [9.17, 15) is 0 Å². The van der Waals surface area contributed by atoms with Gasteiger partial charge in [-0.3, -0.25) is 0 Å². The molecule has 0 amide bonds. The molecule has 0 spiro atoms. The number of nitrogens with zero attached hydrogens (tertiary/aromatic N) is 1. The molecule has 1 aromatic heterocycles. The number of benzene rings is 2. The van der Waals surface area contributed by atoms with Crippen LogP contribution in [0, 0.1) is 6.92 Å². The zero-order chi connectivity index (χ0) is 13.9. The summed E-state index contributed by atoms with van der Waals surface area (Å²) in [7, 11) is 0. The Balaban J connectivity index is 1.66. The van der Waals surface area contributed by atoms with Crippen LogP contribution in [-0.4, -0.2) is 11.1 Å². The Hall–Kier alpha value is -1.93. The first-order chi connectivity index (χ1) is 9.72. The SMILES string of the molecule is Cc1ccc(NCCn2ccc3cc(Cl)ccc32)cc1. The van der Waals surface area contributed by atoms with Gasteiger partial charge in [-0.1, -0.05) is 29.3 Å². The van der Waals surface area contributed by atoms with Crippen LogP contribution in [0.15, 0.2) is 54.7 Å². The van der Waals surface area contributed by atoms with E-state index in [4.69, 9.17) is 11.6 Å². The van der Waals surface area contributed by atoms with Gasteiger partial charge in [-0.15, -0.1) is 0 Å². The quantitative estimate of drug-likeness (QED) is 0.734. The van der Waals surface area contributed by atoms with Gasteiger partial charge < -0.3 is 9.88 Å². The number of fused-ring (bicyclic) bond motifs is 1. The maximum atomic E-state index is 6.00. The number of anilines is 1. The minimum atomic E-state index is 0.785. The van der Waals surface area contributed by atoms with E-state index in [1.165, 1.54) is 16.5 Å². The lowest BCUT2D eigenvalue weighted by Gasteiger charge is -2.09.